The lowest BCUT2D eigenvalue weighted by Crippen LogP contribution is -2.45. The van der Waals surface area contributed by atoms with Crippen LogP contribution in [0.5, 0.6) is 0 Å². The van der Waals surface area contributed by atoms with E-state index in [4.69, 9.17) is 0 Å². The monoisotopic (exact) mass is 362 g/mol. The van der Waals surface area contributed by atoms with Crippen LogP contribution in [0.4, 0.5) is 26.3 Å². The van der Waals surface area contributed by atoms with Crippen molar-refractivity contribution in [2.24, 2.45) is 0 Å². The lowest BCUT2D eigenvalue weighted by Gasteiger charge is -2.22. The Labute approximate surface area is 135 Å². The molecule has 0 atom stereocenters. The van der Waals surface area contributed by atoms with E-state index in [1.165, 1.54) is 0 Å². The number of aromatic nitrogens is 2. The normalized spacial score (nSPS) is 12.9. The van der Waals surface area contributed by atoms with Gasteiger partial charge in [-0.05, 0) is 12.1 Å². The van der Waals surface area contributed by atoms with Gasteiger partial charge in [0.25, 0.3) is 6.10 Å². The van der Waals surface area contributed by atoms with Crippen molar-refractivity contribution >= 4 is 27.8 Å². The van der Waals surface area contributed by atoms with Gasteiger partial charge in [-0.3, -0.25) is 0 Å². The van der Waals surface area contributed by atoms with Crippen LogP contribution < -0.4 is 0 Å². The number of alkyl halides is 6. The van der Waals surface area contributed by atoms with E-state index < -0.39 is 30.1 Å². The molecule has 1 N–H and O–H groups in total. The summed E-state index contributed by atoms with van der Waals surface area (Å²) >= 11 is 0. The third-order valence-corrected chi connectivity index (χ3v) is 3.42. The topological polar surface area (TPSA) is 55.0 Å². The molecule has 1 aromatic carbocycles. The second kappa shape index (κ2) is 5.64. The highest BCUT2D eigenvalue weighted by Crippen LogP contribution is 2.36. The molecular formula is C15H8F6N2O2. The largest absolute Gasteiger partial charge is 0.438 e. The molecule has 0 saturated heterocycles. The van der Waals surface area contributed by atoms with E-state index in [0.29, 0.717) is 21.8 Å². The number of nitrogens with one attached hydrogen (secondary N) is 1. The Morgan fingerprint density at radius 2 is 1.64 bits per heavy atom. The molecular weight excluding hydrogens is 354 g/mol. The van der Waals surface area contributed by atoms with Crippen LogP contribution in [0, 0.1) is 0 Å². The Balaban J connectivity index is 1.98. The quantitative estimate of drug-likeness (QED) is 0.544. The first-order chi connectivity index (χ1) is 11.6. The Kier molecular flexibility index (Phi) is 3.85. The van der Waals surface area contributed by atoms with Crippen LogP contribution in [0.25, 0.3) is 21.8 Å². The van der Waals surface area contributed by atoms with Gasteiger partial charge in [-0.2, -0.15) is 26.3 Å². The summed E-state index contributed by atoms with van der Waals surface area (Å²) in [4.78, 5) is 18.3. The van der Waals surface area contributed by atoms with E-state index in [9.17, 15) is 31.1 Å². The van der Waals surface area contributed by atoms with Crippen molar-refractivity contribution in [1.29, 1.82) is 0 Å². The molecule has 3 aromatic rings. The summed E-state index contributed by atoms with van der Waals surface area (Å²) in [6, 6.07) is 7.91. The highest BCUT2D eigenvalue weighted by Gasteiger charge is 2.60. The minimum Gasteiger partial charge on any atom is -0.438 e. The van der Waals surface area contributed by atoms with Gasteiger partial charge in [0, 0.05) is 16.3 Å². The number of carbonyl (C=O) groups excluding carboxylic acids is 1. The molecule has 25 heavy (non-hydrogen) atoms. The highest BCUT2D eigenvalue weighted by molar-refractivity contribution is 6.08. The molecule has 0 aliphatic carbocycles. The van der Waals surface area contributed by atoms with Gasteiger partial charge in [0.15, 0.2) is 0 Å². The second-order valence-electron chi connectivity index (χ2n) is 5.15. The number of pyridine rings is 1. The first-order valence-electron chi connectivity index (χ1n) is 6.78. The lowest BCUT2D eigenvalue weighted by molar-refractivity contribution is -0.307. The van der Waals surface area contributed by atoms with Gasteiger partial charge in [-0.15, -0.1) is 0 Å². The number of esters is 1. The minimum atomic E-state index is -5.78. The lowest BCUT2D eigenvalue weighted by atomic mass is 10.1. The fraction of sp³-hybridized carbons (Fsp3) is 0.200. The van der Waals surface area contributed by atoms with Gasteiger partial charge in [-0.1, -0.05) is 18.2 Å². The number of fused-ring (bicyclic) bond motifs is 3. The zero-order valence-corrected chi connectivity index (χ0v) is 12.1. The summed E-state index contributed by atoms with van der Waals surface area (Å²) in [5, 5.41) is 1.06. The van der Waals surface area contributed by atoms with E-state index in [1.807, 2.05) is 0 Å². The first-order valence-corrected chi connectivity index (χ1v) is 6.78. The number of hydrogen-bond acceptors (Lipinski definition) is 3. The number of benzene rings is 1. The zero-order valence-electron chi connectivity index (χ0n) is 12.1. The van der Waals surface area contributed by atoms with Crippen molar-refractivity contribution < 1.29 is 35.9 Å². The van der Waals surface area contributed by atoms with E-state index in [0.717, 1.165) is 12.3 Å². The molecule has 4 nitrogen and oxygen atoms in total. The molecule has 10 heteroatoms. The standard InChI is InChI=1S/C15H8F6N2O2/c16-14(17,18)13(15(19,20)21)25-12(24)10-5-8-7-3-1-2-4-9(7)23-11(8)6-22-10/h1-6,13,23H. The molecule has 0 aliphatic heterocycles. The van der Waals surface area contributed by atoms with Gasteiger partial charge in [0.1, 0.15) is 5.69 Å². The molecule has 0 bridgehead atoms. The van der Waals surface area contributed by atoms with Crippen LogP contribution in [0.15, 0.2) is 36.5 Å². The highest BCUT2D eigenvalue weighted by atomic mass is 19.4. The summed E-state index contributed by atoms with van der Waals surface area (Å²) in [6.07, 6.45) is -14.6. The molecule has 0 radical (unpaired) electrons. The summed E-state index contributed by atoms with van der Waals surface area (Å²) in [6.45, 7) is 0. The van der Waals surface area contributed by atoms with E-state index in [-0.39, 0.29) is 0 Å². The van der Waals surface area contributed by atoms with Crippen LogP contribution in [-0.4, -0.2) is 34.4 Å². The minimum absolute atomic E-state index is 0.424. The molecule has 2 heterocycles. The number of H-pyrrole nitrogens is 1. The fourth-order valence-corrected chi connectivity index (χ4v) is 2.35. The predicted molar refractivity (Wildman–Crippen MR) is 74.9 cm³/mol. The van der Waals surface area contributed by atoms with Crippen LogP contribution in [0.2, 0.25) is 0 Å². The fourth-order valence-electron chi connectivity index (χ4n) is 2.35. The van der Waals surface area contributed by atoms with E-state index in [2.05, 4.69) is 14.7 Å². The first kappa shape index (κ1) is 17.1. The van der Waals surface area contributed by atoms with Crippen molar-refractivity contribution in [2.75, 3.05) is 0 Å². The number of ether oxygens (including phenoxy) is 1. The second-order valence-corrected chi connectivity index (χ2v) is 5.15. The third-order valence-electron chi connectivity index (χ3n) is 3.42. The molecule has 0 aliphatic rings. The number of hydrogen-bond donors (Lipinski definition) is 1. The number of rotatable bonds is 2. The summed E-state index contributed by atoms with van der Waals surface area (Å²) in [7, 11) is 0. The maximum atomic E-state index is 12.5. The Morgan fingerprint density at radius 1 is 1.00 bits per heavy atom. The number of para-hydroxylation sites is 1. The van der Waals surface area contributed by atoms with Gasteiger partial charge >= 0.3 is 18.3 Å². The number of aromatic amines is 1. The van der Waals surface area contributed by atoms with E-state index in [1.54, 1.807) is 24.3 Å². The summed E-state index contributed by atoms with van der Waals surface area (Å²) < 4.78 is 78.5. The van der Waals surface area contributed by atoms with Gasteiger partial charge in [0.2, 0.25) is 0 Å². The average molecular weight is 362 g/mol. The van der Waals surface area contributed by atoms with Crippen molar-refractivity contribution in [3.05, 3.63) is 42.2 Å². The van der Waals surface area contributed by atoms with Crippen LogP contribution in [0.1, 0.15) is 10.5 Å². The molecule has 3 rings (SSSR count). The molecule has 0 fully saturated rings. The number of carbonyl (C=O) groups is 1. The average Bonchev–Trinajstić information content (AvgIpc) is 2.88. The number of nitrogens with zero attached hydrogens (tertiary/aromatic N) is 1. The smallest absolute Gasteiger partial charge is 0.434 e. The van der Waals surface area contributed by atoms with Gasteiger partial charge in [-0.25, -0.2) is 9.78 Å². The van der Waals surface area contributed by atoms with Crippen LogP contribution >= 0.6 is 0 Å². The molecule has 0 amide bonds. The maximum Gasteiger partial charge on any atom is 0.434 e. The van der Waals surface area contributed by atoms with Crippen LogP contribution in [-0.2, 0) is 4.74 Å². The molecule has 2 aromatic heterocycles. The molecule has 132 valence electrons. The van der Waals surface area contributed by atoms with Crippen molar-refractivity contribution in [1.82, 2.24) is 9.97 Å². The summed E-state index contributed by atoms with van der Waals surface area (Å²) in [5.74, 6) is -1.81. The Bertz CT molecular complexity index is 930. The Hall–Kier alpha value is -2.78. The van der Waals surface area contributed by atoms with Crippen molar-refractivity contribution in [2.45, 2.75) is 18.5 Å². The van der Waals surface area contributed by atoms with E-state index >= 15 is 0 Å². The number of halogens is 6. The molecule has 0 spiro atoms. The maximum absolute atomic E-state index is 12.5. The van der Waals surface area contributed by atoms with Crippen molar-refractivity contribution in [3.63, 3.8) is 0 Å². The van der Waals surface area contributed by atoms with Crippen molar-refractivity contribution in [3.8, 4) is 0 Å². The SMILES string of the molecule is O=C(OC(C(F)(F)F)C(F)(F)F)c1cc2c(cn1)[nH]c1ccccc12. The Morgan fingerprint density at radius 3 is 2.28 bits per heavy atom. The zero-order chi connectivity index (χ0) is 18.4. The van der Waals surface area contributed by atoms with Crippen LogP contribution in [0.3, 0.4) is 0 Å². The summed E-state index contributed by atoms with van der Waals surface area (Å²) in [5.41, 5.74) is 0.491. The van der Waals surface area contributed by atoms with Gasteiger partial charge in [0.05, 0.1) is 11.7 Å². The molecule has 0 saturated carbocycles. The molecule has 0 unspecified atom stereocenters. The third kappa shape index (κ3) is 3.24. The van der Waals surface area contributed by atoms with Gasteiger partial charge < -0.3 is 9.72 Å². The predicted octanol–water partition coefficient (Wildman–Crippen LogP) is 4.37.